The highest BCUT2D eigenvalue weighted by molar-refractivity contribution is 4.96. The predicted molar refractivity (Wildman–Crippen MR) is 27.8 cm³/mol. The first-order chi connectivity index (χ1) is 4.63. The summed E-state index contributed by atoms with van der Waals surface area (Å²) in [7, 11) is 0. The molecule has 10 heavy (non-hydrogen) atoms. The van der Waals surface area contributed by atoms with Gasteiger partial charge in [-0.2, -0.15) is 0 Å². The maximum atomic E-state index is 9.22. The molecular formula is C5H8O5. The lowest BCUT2D eigenvalue weighted by atomic mass is 10.1. The zero-order valence-electron chi connectivity index (χ0n) is 5.10. The predicted octanol–water partition coefficient (Wildman–Crippen LogP) is -2.22. The molecule has 2 saturated heterocycles. The molecule has 4 atom stereocenters. The Morgan fingerprint density at radius 1 is 1.40 bits per heavy atom. The normalized spacial score (nSPS) is 59.7. The molecule has 2 fully saturated rings. The van der Waals surface area contributed by atoms with Gasteiger partial charge in [0.1, 0.15) is 18.8 Å². The number of aliphatic hydroxyl groups is 3. The van der Waals surface area contributed by atoms with Crippen LogP contribution in [-0.2, 0) is 9.47 Å². The fourth-order valence-electron chi connectivity index (χ4n) is 1.21. The average Bonchev–Trinajstić information content (AvgIpc) is 2.35. The summed E-state index contributed by atoms with van der Waals surface area (Å²) >= 11 is 0. The van der Waals surface area contributed by atoms with Crippen LogP contribution in [0.4, 0.5) is 0 Å². The molecule has 0 spiro atoms. The second-order valence-electron chi connectivity index (χ2n) is 2.58. The molecule has 0 aromatic carbocycles. The van der Waals surface area contributed by atoms with Crippen molar-refractivity contribution in [3.05, 3.63) is 0 Å². The average molecular weight is 148 g/mol. The molecule has 2 bridgehead atoms. The Morgan fingerprint density at radius 2 is 2.10 bits per heavy atom. The van der Waals surface area contributed by atoms with Crippen molar-refractivity contribution in [1.82, 2.24) is 0 Å². The van der Waals surface area contributed by atoms with Crippen LogP contribution >= 0.6 is 0 Å². The summed E-state index contributed by atoms with van der Waals surface area (Å²) in [4.78, 5) is 0. The van der Waals surface area contributed by atoms with E-state index in [1.165, 1.54) is 0 Å². The van der Waals surface area contributed by atoms with Crippen LogP contribution in [0.15, 0.2) is 0 Å². The monoisotopic (exact) mass is 148 g/mol. The lowest BCUT2D eigenvalue weighted by Gasteiger charge is -2.24. The lowest BCUT2D eigenvalue weighted by Crippen LogP contribution is -2.49. The minimum Gasteiger partial charge on any atom is -0.385 e. The zero-order valence-corrected chi connectivity index (χ0v) is 5.10. The topological polar surface area (TPSA) is 79.2 Å². The molecule has 2 aliphatic heterocycles. The molecular weight excluding hydrogens is 140 g/mol. The molecule has 2 heterocycles. The fraction of sp³-hybridized carbons (Fsp3) is 1.00. The van der Waals surface area contributed by atoms with Gasteiger partial charge in [0.15, 0.2) is 6.29 Å². The first-order valence-corrected chi connectivity index (χ1v) is 3.01. The van der Waals surface area contributed by atoms with Crippen LogP contribution in [0.1, 0.15) is 0 Å². The second-order valence-corrected chi connectivity index (χ2v) is 2.58. The summed E-state index contributed by atoms with van der Waals surface area (Å²) in [5.41, 5.74) is 0. The summed E-state index contributed by atoms with van der Waals surface area (Å²) in [5, 5.41) is 27.3. The van der Waals surface area contributed by atoms with E-state index in [1.807, 2.05) is 0 Å². The van der Waals surface area contributed by atoms with E-state index in [0.717, 1.165) is 0 Å². The van der Waals surface area contributed by atoms with Gasteiger partial charge < -0.3 is 24.8 Å². The number of hydrogen-bond donors (Lipinski definition) is 3. The van der Waals surface area contributed by atoms with Gasteiger partial charge >= 0.3 is 0 Å². The van der Waals surface area contributed by atoms with Crippen molar-refractivity contribution in [2.24, 2.45) is 0 Å². The smallest absolute Gasteiger partial charge is 0.221 e. The van der Waals surface area contributed by atoms with Gasteiger partial charge in [-0.3, -0.25) is 0 Å². The van der Waals surface area contributed by atoms with Crippen LogP contribution in [0.2, 0.25) is 0 Å². The molecule has 0 aromatic rings. The van der Waals surface area contributed by atoms with Gasteiger partial charge in [0, 0.05) is 0 Å². The molecule has 5 heteroatoms. The Balaban J connectivity index is 2.25. The van der Waals surface area contributed by atoms with Crippen LogP contribution < -0.4 is 0 Å². The molecule has 0 amide bonds. The molecule has 2 aliphatic rings. The summed E-state index contributed by atoms with van der Waals surface area (Å²) in [6.07, 6.45) is -3.23. The summed E-state index contributed by atoms with van der Waals surface area (Å²) in [6.45, 7) is -0.0735. The van der Waals surface area contributed by atoms with Crippen molar-refractivity contribution in [3.63, 3.8) is 0 Å². The van der Waals surface area contributed by atoms with Crippen molar-refractivity contribution in [3.8, 4) is 0 Å². The highest BCUT2D eigenvalue weighted by Gasteiger charge is 2.59. The van der Waals surface area contributed by atoms with E-state index in [4.69, 9.17) is 19.7 Å². The van der Waals surface area contributed by atoms with Gasteiger partial charge in [-0.05, 0) is 0 Å². The van der Waals surface area contributed by atoms with E-state index in [2.05, 4.69) is 0 Å². The number of aliphatic hydroxyl groups excluding tert-OH is 2. The minimum atomic E-state index is -1.68. The highest BCUT2D eigenvalue weighted by Crippen LogP contribution is 2.36. The Labute approximate surface area is 56.8 Å². The largest absolute Gasteiger partial charge is 0.385 e. The molecule has 58 valence electrons. The quantitative estimate of drug-likeness (QED) is 0.363. The fourth-order valence-corrected chi connectivity index (χ4v) is 1.21. The van der Waals surface area contributed by atoms with E-state index >= 15 is 0 Å². The molecule has 0 unspecified atom stereocenters. The van der Waals surface area contributed by atoms with Gasteiger partial charge in [0.2, 0.25) is 5.79 Å². The Bertz CT molecular complexity index is 160. The van der Waals surface area contributed by atoms with Crippen LogP contribution in [0.5, 0.6) is 0 Å². The van der Waals surface area contributed by atoms with Crippen LogP contribution in [0, 0.1) is 0 Å². The summed E-state index contributed by atoms with van der Waals surface area (Å²) < 4.78 is 9.47. The second kappa shape index (κ2) is 1.69. The maximum absolute atomic E-state index is 9.22. The first-order valence-electron chi connectivity index (χ1n) is 3.01. The number of rotatable bonds is 0. The SMILES string of the molecule is O[C@@H]1[C@@H]2OC[C@@](O)(O2)[C@H]1O. The van der Waals surface area contributed by atoms with Crippen molar-refractivity contribution >= 4 is 0 Å². The van der Waals surface area contributed by atoms with E-state index in [0.29, 0.717) is 0 Å². The van der Waals surface area contributed by atoms with Gasteiger partial charge in [-0.15, -0.1) is 0 Å². The van der Waals surface area contributed by atoms with Crippen LogP contribution in [0.25, 0.3) is 0 Å². The summed E-state index contributed by atoms with van der Waals surface area (Å²) in [6, 6.07) is 0. The Kier molecular flexibility index (Phi) is 1.10. The third-order valence-electron chi connectivity index (χ3n) is 1.84. The van der Waals surface area contributed by atoms with Crippen LogP contribution in [0.3, 0.4) is 0 Å². The molecule has 5 nitrogen and oxygen atoms in total. The zero-order chi connectivity index (χ0) is 7.35. The minimum absolute atomic E-state index is 0.0735. The standard InChI is InChI=1S/C5H8O5/c6-2-3(7)5(8)1-9-4(2)10-5/h2-4,6-8H,1H2/t2-,3-,4+,5+/m0/s1. The van der Waals surface area contributed by atoms with Crippen LogP contribution in [-0.4, -0.2) is 46.2 Å². The number of fused-ring (bicyclic) bond motifs is 2. The Hall–Kier alpha value is -0.200. The van der Waals surface area contributed by atoms with Crippen molar-refractivity contribution in [2.75, 3.05) is 6.61 Å². The van der Waals surface area contributed by atoms with Crippen molar-refractivity contribution < 1.29 is 24.8 Å². The van der Waals surface area contributed by atoms with E-state index in [-0.39, 0.29) is 6.61 Å². The highest BCUT2D eigenvalue weighted by atomic mass is 16.8. The van der Waals surface area contributed by atoms with E-state index < -0.39 is 24.3 Å². The third kappa shape index (κ3) is 0.586. The number of hydrogen-bond acceptors (Lipinski definition) is 5. The van der Waals surface area contributed by atoms with E-state index in [9.17, 15) is 5.11 Å². The van der Waals surface area contributed by atoms with Gasteiger partial charge in [-0.1, -0.05) is 0 Å². The first kappa shape index (κ1) is 6.51. The molecule has 0 radical (unpaired) electrons. The van der Waals surface area contributed by atoms with Crippen molar-refractivity contribution in [2.45, 2.75) is 24.3 Å². The van der Waals surface area contributed by atoms with Gasteiger partial charge in [0.25, 0.3) is 0 Å². The molecule has 0 saturated carbocycles. The molecule has 0 aromatic heterocycles. The van der Waals surface area contributed by atoms with Gasteiger partial charge in [-0.25, -0.2) is 0 Å². The van der Waals surface area contributed by atoms with E-state index in [1.54, 1.807) is 0 Å². The van der Waals surface area contributed by atoms with Gasteiger partial charge in [0.05, 0.1) is 0 Å². The van der Waals surface area contributed by atoms with Crippen molar-refractivity contribution in [1.29, 1.82) is 0 Å². The molecule has 3 N–H and O–H groups in total. The molecule has 0 aliphatic carbocycles. The maximum Gasteiger partial charge on any atom is 0.221 e. The lowest BCUT2D eigenvalue weighted by molar-refractivity contribution is -0.196. The number of ether oxygens (including phenoxy) is 2. The third-order valence-corrected chi connectivity index (χ3v) is 1.84. The molecule has 2 rings (SSSR count). The Morgan fingerprint density at radius 3 is 2.40 bits per heavy atom. The summed E-state index contributed by atoms with van der Waals surface area (Å²) in [5.74, 6) is -1.68.